The Bertz CT molecular complexity index is 485. The van der Waals surface area contributed by atoms with Gasteiger partial charge in [0, 0.05) is 39.4 Å². The van der Waals surface area contributed by atoms with E-state index in [-0.39, 0.29) is 10.6 Å². The first kappa shape index (κ1) is 15.7. The van der Waals surface area contributed by atoms with Gasteiger partial charge in [0.1, 0.15) is 5.69 Å². The molecule has 1 aromatic rings. The van der Waals surface area contributed by atoms with Crippen molar-refractivity contribution in [3.05, 3.63) is 33.9 Å². The summed E-state index contributed by atoms with van der Waals surface area (Å²) in [4.78, 5) is 13.2. The Morgan fingerprint density at radius 1 is 1.43 bits per heavy atom. The van der Waals surface area contributed by atoms with Crippen LogP contribution in [0.4, 0.5) is 11.4 Å². The van der Waals surface area contributed by atoms with Crippen LogP contribution < -0.4 is 5.32 Å². The van der Waals surface area contributed by atoms with Crippen LogP contribution in [-0.4, -0.2) is 42.7 Å². The molecule has 1 fully saturated rings. The van der Waals surface area contributed by atoms with Gasteiger partial charge in [0.25, 0.3) is 5.69 Å². The Kier molecular flexibility index (Phi) is 5.52. The van der Waals surface area contributed by atoms with E-state index in [9.17, 15) is 10.1 Å². The monoisotopic (exact) mass is 293 g/mol. The zero-order valence-electron chi connectivity index (χ0n) is 12.7. The highest BCUT2D eigenvalue weighted by Crippen LogP contribution is 2.26. The number of likely N-dealkylation sites (tertiary alicyclic amines) is 1. The second kappa shape index (κ2) is 7.38. The summed E-state index contributed by atoms with van der Waals surface area (Å²) < 4.78 is 5.36. The van der Waals surface area contributed by atoms with Gasteiger partial charge in [-0.05, 0) is 31.4 Å². The van der Waals surface area contributed by atoms with Gasteiger partial charge in [0.05, 0.1) is 11.0 Å². The fourth-order valence-electron chi connectivity index (χ4n) is 2.73. The lowest BCUT2D eigenvalue weighted by atomic mass is 10.1. The van der Waals surface area contributed by atoms with E-state index in [1.807, 2.05) is 13.0 Å². The number of ether oxygens (including phenoxy) is 1. The second-order valence-electron chi connectivity index (χ2n) is 5.35. The molecule has 0 amide bonds. The molecule has 2 rings (SSSR count). The molecule has 0 spiro atoms. The molecule has 1 aromatic carbocycles. The number of anilines is 1. The lowest BCUT2D eigenvalue weighted by Gasteiger charge is -2.31. The SMILES string of the molecule is CCNc1ccc(CN2CCC(OC)CC2)cc1[N+](=O)[O-]. The van der Waals surface area contributed by atoms with Crippen LogP contribution in [-0.2, 0) is 11.3 Å². The Morgan fingerprint density at radius 2 is 2.14 bits per heavy atom. The maximum absolute atomic E-state index is 11.2. The Labute approximate surface area is 125 Å². The van der Waals surface area contributed by atoms with Crippen molar-refractivity contribution in [2.75, 3.05) is 32.1 Å². The molecule has 6 nitrogen and oxygen atoms in total. The van der Waals surface area contributed by atoms with Crippen molar-refractivity contribution < 1.29 is 9.66 Å². The lowest BCUT2D eigenvalue weighted by Crippen LogP contribution is -2.36. The fraction of sp³-hybridized carbons (Fsp3) is 0.600. The number of rotatable bonds is 6. The van der Waals surface area contributed by atoms with E-state index in [4.69, 9.17) is 4.74 Å². The molecule has 0 saturated carbocycles. The molecule has 1 N–H and O–H groups in total. The summed E-state index contributed by atoms with van der Waals surface area (Å²) in [5, 5.41) is 14.2. The Balaban J connectivity index is 2.04. The summed E-state index contributed by atoms with van der Waals surface area (Å²) in [6.07, 6.45) is 2.40. The molecule has 0 bridgehead atoms. The van der Waals surface area contributed by atoms with Crippen molar-refractivity contribution in [2.45, 2.75) is 32.4 Å². The van der Waals surface area contributed by atoms with Gasteiger partial charge in [-0.2, -0.15) is 0 Å². The molecular weight excluding hydrogens is 270 g/mol. The highest BCUT2D eigenvalue weighted by Gasteiger charge is 2.20. The minimum absolute atomic E-state index is 0.154. The van der Waals surface area contributed by atoms with Crippen LogP contribution >= 0.6 is 0 Å². The topological polar surface area (TPSA) is 67.6 Å². The summed E-state index contributed by atoms with van der Waals surface area (Å²) in [5.41, 5.74) is 1.73. The maximum atomic E-state index is 11.2. The van der Waals surface area contributed by atoms with Crippen LogP contribution in [0, 0.1) is 10.1 Å². The standard InChI is InChI=1S/C15H23N3O3/c1-3-16-14-5-4-12(10-15(14)18(19)20)11-17-8-6-13(21-2)7-9-17/h4-5,10,13,16H,3,6-9,11H2,1-2H3. The van der Waals surface area contributed by atoms with Crippen molar-refractivity contribution in [3.63, 3.8) is 0 Å². The minimum atomic E-state index is -0.321. The van der Waals surface area contributed by atoms with Crippen molar-refractivity contribution in [2.24, 2.45) is 0 Å². The third-order valence-corrected chi connectivity index (χ3v) is 3.90. The van der Waals surface area contributed by atoms with E-state index in [2.05, 4.69) is 10.2 Å². The Morgan fingerprint density at radius 3 is 2.71 bits per heavy atom. The first-order valence-corrected chi connectivity index (χ1v) is 7.40. The average molecular weight is 293 g/mol. The van der Waals surface area contributed by atoms with Gasteiger partial charge in [-0.15, -0.1) is 0 Å². The number of hydrogen-bond acceptors (Lipinski definition) is 5. The zero-order chi connectivity index (χ0) is 15.2. The van der Waals surface area contributed by atoms with Gasteiger partial charge in [-0.1, -0.05) is 6.07 Å². The highest BCUT2D eigenvalue weighted by molar-refractivity contribution is 5.62. The van der Waals surface area contributed by atoms with Gasteiger partial charge in [-0.25, -0.2) is 0 Å². The molecule has 6 heteroatoms. The van der Waals surface area contributed by atoms with E-state index < -0.39 is 0 Å². The van der Waals surface area contributed by atoms with Gasteiger partial charge >= 0.3 is 0 Å². The van der Waals surface area contributed by atoms with Gasteiger partial charge in [0.2, 0.25) is 0 Å². The fourth-order valence-corrected chi connectivity index (χ4v) is 2.73. The summed E-state index contributed by atoms with van der Waals surface area (Å²) in [6.45, 7) is 5.30. The number of nitro benzene ring substituents is 1. The van der Waals surface area contributed by atoms with Crippen molar-refractivity contribution in [3.8, 4) is 0 Å². The van der Waals surface area contributed by atoms with E-state index in [0.29, 0.717) is 18.3 Å². The predicted octanol–water partition coefficient (Wildman–Crippen LogP) is 2.64. The normalized spacial score (nSPS) is 16.9. The van der Waals surface area contributed by atoms with Crippen LogP contribution in [0.15, 0.2) is 18.2 Å². The van der Waals surface area contributed by atoms with E-state index in [1.54, 1.807) is 19.2 Å². The smallest absolute Gasteiger partial charge is 0.292 e. The Hall–Kier alpha value is -1.66. The number of hydrogen-bond donors (Lipinski definition) is 1. The number of nitrogens with one attached hydrogen (secondary N) is 1. The van der Waals surface area contributed by atoms with Crippen molar-refractivity contribution in [1.29, 1.82) is 0 Å². The first-order chi connectivity index (χ1) is 10.1. The molecule has 1 aliphatic heterocycles. The molecule has 0 radical (unpaired) electrons. The van der Waals surface area contributed by atoms with Gasteiger partial charge in [-0.3, -0.25) is 15.0 Å². The summed E-state index contributed by atoms with van der Waals surface area (Å²) in [5.74, 6) is 0. The minimum Gasteiger partial charge on any atom is -0.381 e. The third-order valence-electron chi connectivity index (χ3n) is 3.90. The van der Waals surface area contributed by atoms with E-state index >= 15 is 0 Å². The van der Waals surface area contributed by atoms with Crippen LogP contribution in [0.1, 0.15) is 25.3 Å². The van der Waals surface area contributed by atoms with Crippen LogP contribution in [0.5, 0.6) is 0 Å². The maximum Gasteiger partial charge on any atom is 0.292 e. The molecule has 0 aliphatic carbocycles. The number of nitrogens with zero attached hydrogens (tertiary/aromatic N) is 2. The molecular formula is C15H23N3O3. The molecule has 1 heterocycles. The molecule has 1 saturated heterocycles. The zero-order valence-corrected chi connectivity index (χ0v) is 12.7. The van der Waals surface area contributed by atoms with E-state index in [1.165, 1.54) is 0 Å². The number of benzene rings is 1. The largest absolute Gasteiger partial charge is 0.381 e. The van der Waals surface area contributed by atoms with Crippen LogP contribution in [0.2, 0.25) is 0 Å². The van der Waals surface area contributed by atoms with Crippen molar-refractivity contribution >= 4 is 11.4 Å². The van der Waals surface area contributed by atoms with Crippen LogP contribution in [0.3, 0.4) is 0 Å². The number of methoxy groups -OCH3 is 1. The summed E-state index contributed by atoms with van der Waals surface area (Å²) in [7, 11) is 1.75. The molecule has 21 heavy (non-hydrogen) atoms. The quantitative estimate of drug-likeness (QED) is 0.645. The molecule has 0 atom stereocenters. The number of nitro groups is 1. The summed E-state index contributed by atoms with van der Waals surface area (Å²) >= 11 is 0. The van der Waals surface area contributed by atoms with Gasteiger partial charge < -0.3 is 10.1 Å². The summed E-state index contributed by atoms with van der Waals surface area (Å²) in [6, 6.07) is 5.45. The third kappa shape index (κ3) is 4.15. The second-order valence-corrected chi connectivity index (χ2v) is 5.35. The lowest BCUT2D eigenvalue weighted by molar-refractivity contribution is -0.384. The van der Waals surface area contributed by atoms with E-state index in [0.717, 1.165) is 38.0 Å². The molecule has 1 aliphatic rings. The van der Waals surface area contributed by atoms with Crippen molar-refractivity contribution in [1.82, 2.24) is 4.90 Å². The molecule has 0 unspecified atom stereocenters. The highest BCUT2D eigenvalue weighted by atomic mass is 16.6. The van der Waals surface area contributed by atoms with Crippen LogP contribution in [0.25, 0.3) is 0 Å². The average Bonchev–Trinajstić information content (AvgIpc) is 2.49. The molecule has 116 valence electrons. The number of piperidine rings is 1. The van der Waals surface area contributed by atoms with Gasteiger partial charge in [0.15, 0.2) is 0 Å². The predicted molar refractivity (Wildman–Crippen MR) is 82.6 cm³/mol. The first-order valence-electron chi connectivity index (χ1n) is 7.40. The molecule has 0 aromatic heterocycles.